The van der Waals surface area contributed by atoms with Gasteiger partial charge in [0, 0.05) is 4.47 Å². The van der Waals surface area contributed by atoms with E-state index in [1.807, 2.05) is 12.1 Å². The summed E-state index contributed by atoms with van der Waals surface area (Å²) in [4.78, 5) is 24.4. The number of rotatable bonds is 6. The molecular weight excluding hydrogens is 436 g/mol. The monoisotopic (exact) mass is 452 g/mol. The summed E-state index contributed by atoms with van der Waals surface area (Å²) in [5, 5.41) is 3.96. The number of hydrogen-bond acceptors (Lipinski definition) is 5. The average molecular weight is 453 g/mol. The highest BCUT2D eigenvalue weighted by Gasteiger charge is 2.12. The summed E-state index contributed by atoms with van der Waals surface area (Å²) < 4.78 is 11.4. The fourth-order valence-corrected chi connectivity index (χ4v) is 2.92. The number of hydrazone groups is 1. The zero-order valence-corrected chi connectivity index (χ0v) is 17.0. The largest absolute Gasteiger partial charge is 0.493 e. The van der Waals surface area contributed by atoms with Crippen molar-refractivity contribution in [2.75, 3.05) is 7.11 Å². The third-order valence-electron chi connectivity index (χ3n) is 3.90. The second kappa shape index (κ2) is 9.66. The molecule has 0 atom stereocenters. The maximum Gasteiger partial charge on any atom is 0.343 e. The van der Waals surface area contributed by atoms with Crippen molar-refractivity contribution in [2.24, 2.45) is 5.10 Å². The molecule has 0 aliphatic rings. The molecule has 0 unspecified atom stereocenters. The Kier molecular flexibility index (Phi) is 6.76. The number of nitrogens with zero attached hydrogens (tertiary/aromatic N) is 1. The lowest BCUT2D eigenvalue weighted by molar-refractivity contribution is 0.0729. The average Bonchev–Trinajstić information content (AvgIpc) is 2.75. The van der Waals surface area contributed by atoms with E-state index in [0.717, 1.165) is 0 Å². The number of carbonyl (C=O) groups excluding carboxylic acids is 2. The molecule has 0 saturated carbocycles. The van der Waals surface area contributed by atoms with Gasteiger partial charge in [0.25, 0.3) is 5.91 Å². The van der Waals surface area contributed by atoms with Gasteiger partial charge in [-0.2, -0.15) is 5.10 Å². The molecule has 3 aromatic carbocycles. The summed E-state index contributed by atoms with van der Waals surface area (Å²) in [6.45, 7) is 0. The van der Waals surface area contributed by atoms with Gasteiger partial charge in [0.05, 0.1) is 24.5 Å². The van der Waals surface area contributed by atoms with Crippen LogP contribution < -0.4 is 14.9 Å². The van der Waals surface area contributed by atoms with Gasteiger partial charge < -0.3 is 9.47 Å². The summed E-state index contributed by atoms with van der Waals surface area (Å²) >= 11 is 3.33. The summed E-state index contributed by atoms with van der Waals surface area (Å²) in [5.41, 5.74) is 4.05. The SMILES string of the molecule is COc1cc(/C=N/NC(=O)c2ccccc2Br)ccc1OC(=O)c1ccccc1. The smallest absolute Gasteiger partial charge is 0.343 e. The number of halogens is 1. The summed E-state index contributed by atoms with van der Waals surface area (Å²) in [7, 11) is 1.48. The lowest BCUT2D eigenvalue weighted by Crippen LogP contribution is -2.18. The van der Waals surface area contributed by atoms with Crippen LogP contribution in [0, 0.1) is 0 Å². The van der Waals surface area contributed by atoms with E-state index in [2.05, 4.69) is 26.5 Å². The molecular formula is C22H17BrN2O4. The second-order valence-electron chi connectivity index (χ2n) is 5.84. The van der Waals surface area contributed by atoms with Crippen LogP contribution in [0.5, 0.6) is 11.5 Å². The van der Waals surface area contributed by atoms with Crippen LogP contribution in [-0.4, -0.2) is 25.2 Å². The summed E-state index contributed by atoms with van der Waals surface area (Å²) in [6.07, 6.45) is 1.47. The summed E-state index contributed by atoms with van der Waals surface area (Å²) in [5.74, 6) is -0.161. The molecule has 0 aromatic heterocycles. The van der Waals surface area contributed by atoms with Gasteiger partial charge in [0.15, 0.2) is 11.5 Å². The van der Waals surface area contributed by atoms with E-state index in [9.17, 15) is 9.59 Å². The third-order valence-corrected chi connectivity index (χ3v) is 4.59. The maximum atomic E-state index is 12.2. The Bertz CT molecular complexity index is 1050. The van der Waals surface area contributed by atoms with Crippen molar-refractivity contribution in [3.63, 3.8) is 0 Å². The fourth-order valence-electron chi connectivity index (χ4n) is 2.45. The zero-order valence-electron chi connectivity index (χ0n) is 15.5. The minimum absolute atomic E-state index is 0.288. The number of hydrogen-bond donors (Lipinski definition) is 1. The number of benzene rings is 3. The number of methoxy groups -OCH3 is 1. The van der Waals surface area contributed by atoms with Gasteiger partial charge in [-0.1, -0.05) is 30.3 Å². The first kappa shape index (κ1) is 20.3. The Morgan fingerprint density at radius 1 is 0.966 bits per heavy atom. The van der Waals surface area contributed by atoms with E-state index in [-0.39, 0.29) is 11.7 Å². The topological polar surface area (TPSA) is 77.0 Å². The number of carbonyl (C=O) groups is 2. The first-order valence-electron chi connectivity index (χ1n) is 8.61. The van der Waals surface area contributed by atoms with E-state index in [4.69, 9.17) is 9.47 Å². The lowest BCUT2D eigenvalue weighted by atomic mass is 10.2. The molecule has 0 spiro atoms. The Morgan fingerprint density at radius 3 is 2.41 bits per heavy atom. The second-order valence-corrected chi connectivity index (χ2v) is 6.70. The van der Waals surface area contributed by atoms with E-state index in [1.54, 1.807) is 60.7 Å². The van der Waals surface area contributed by atoms with Gasteiger partial charge in [-0.05, 0) is 64.0 Å². The molecule has 1 amide bonds. The number of ether oxygens (including phenoxy) is 2. The highest BCUT2D eigenvalue weighted by Crippen LogP contribution is 2.28. The molecule has 0 aliphatic heterocycles. The Balaban J connectivity index is 1.68. The predicted molar refractivity (Wildman–Crippen MR) is 114 cm³/mol. The molecule has 0 aliphatic carbocycles. The van der Waals surface area contributed by atoms with Gasteiger partial charge in [0.2, 0.25) is 0 Å². The molecule has 146 valence electrons. The van der Waals surface area contributed by atoms with Gasteiger partial charge in [-0.15, -0.1) is 0 Å². The van der Waals surface area contributed by atoms with E-state index < -0.39 is 5.97 Å². The molecule has 1 N–H and O–H groups in total. The molecule has 0 saturated heterocycles. The van der Waals surface area contributed by atoms with Crippen molar-refractivity contribution in [1.29, 1.82) is 0 Å². The first-order chi connectivity index (χ1) is 14.1. The number of amides is 1. The van der Waals surface area contributed by atoms with Crippen LogP contribution in [0.1, 0.15) is 26.3 Å². The minimum Gasteiger partial charge on any atom is -0.493 e. The maximum absolute atomic E-state index is 12.2. The predicted octanol–water partition coefficient (Wildman–Crippen LogP) is 4.44. The molecule has 0 radical (unpaired) electrons. The molecule has 6 nitrogen and oxygen atoms in total. The van der Waals surface area contributed by atoms with Crippen LogP contribution in [0.3, 0.4) is 0 Å². The molecule has 3 aromatic rings. The van der Waals surface area contributed by atoms with E-state index in [0.29, 0.717) is 26.9 Å². The Morgan fingerprint density at radius 2 is 1.69 bits per heavy atom. The van der Waals surface area contributed by atoms with Crippen molar-refractivity contribution >= 4 is 34.0 Å². The van der Waals surface area contributed by atoms with Crippen molar-refractivity contribution in [2.45, 2.75) is 0 Å². The molecule has 3 rings (SSSR count). The molecule has 0 heterocycles. The standard InChI is InChI=1S/C22H17BrN2O4/c1-28-20-13-15(14-24-25-21(26)17-9-5-6-10-18(17)23)11-12-19(20)29-22(27)16-7-3-2-4-8-16/h2-14H,1H3,(H,25,26)/b24-14+. The van der Waals surface area contributed by atoms with Gasteiger partial charge >= 0.3 is 5.97 Å². The van der Waals surface area contributed by atoms with Crippen LogP contribution >= 0.6 is 15.9 Å². The van der Waals surface area contributed by atoms with Gasteiger partial charge in [-0.3, -0.25) is 4.79 Å². The zero-order chi connectivity index (χ0) is 20.6. The molecule has 0 bridgehead atoms. The lowest BCUT2D eigenvalue weighted by Gasteiger charge is -2.10. The van der Waals surface area contributed by atoms with Crippen molar-refractivity contribution in [1.82, 2.24) is 5.43 Å². The third kappa shape index (κ3) is 5.30. The quantitative estimate of drug-likeness (QED) is 0.259. The fraction of sp³-hybridized carbons (Fsp3) is 0.0455. The number of nitrogens with one attached hydrogen (secondary N) is 1. The van der Waals surface area contributed by atoms with Crippen LogP contribution in [0.15, 0.2) is 82.4 Å². The van der Waals surface area contributed by atoms with Gasteiger partial charge in [0.1, 0.15) is 0 Å². The van der Waals surface area contributed by atoms with Crippen molar-refractivity contribution in [3.8, 4) is 11.5 Å². The molecule has 0 fully saturated rings. The molecule has 29 heavy (non-hydrogen) atoms. The van der Waals surface area contributed by atoms with Crippen molar-refractivity contribution in [3.05, 3.63) is 94.0 Å². The van der Waals surface area contributed by atoms with Gasteiger partial charge in [-0.25, -0.2) is 10.2 Å². The number of esters is 1. The van der Waals surface area contributed by atoms with E-state index >= 15 is 0 Å². The Labute approximate surface area is 176 Å². The van der Waals surface area contributed by atoms with Crippen LogP contribution in [0.25, 0.3) is 0 Å². The van der Waals surface area contributed by atoms with Crippen molar-refractivity contribution < 1.29 is 19.1 Å². The van der Waals surface area contributed by atoms with E-state index in [1.165, 1.54) is 13.3 Å². The first-order valence-corrected chi connectivity index (χ1v) is 9.41. The molecule has 7 heteroatoms. The summed E-state index contributed by atoms with van der Waals surface area (Å²) in [6, 6.07) is 20.7. The van der Waals surface area contributed by atoms with Crippen LogP contribution in [-0.2, 0) is 0 Å². The Hall–Kier alpha value is -3.45. The highest BCUT2D eigenvalue weighted by atomic mass is 79.9. The highest BCUT2D eigenvalue weighted by molar-refractivity contribution is 9.10. The minimum atomic E-state index is -0.481. The normalized spacial score (nSPS) is 10.6. The van der Waals surface area contributed by atoms with Crippen LogP contribution in [0.2, 0.25) is 0 Å². The van der Waals surface area contributed by atoms with Crippen LogP contribution in [0.4, 0.5) is 0 Å².